The normalized spacial score (nSPS) is 15.4. The summed E-state index contributed by atoms with van der Waals surface area (Å²) in [7, 11) is 0. The number of thiazole rings is 1. The molecule has 0 bridgehead atoms. The second kappa shape index (κ2) is 7.63. The number of carbonyl (C=O) groups excluding carboxylic acids is 1. The Balaban J connectivity index is 0.00000208. The molecule has 132 valence electrons. The Bertz CT molecular complexity index is 718. The Morgan fingerprint density at radius 1 is 1.21 bits per heavy atom. The number of nitrogens with zero attached hydrogens (tertiary/aromatic N) is 5. The van der Waals surface area contributed by atoms with Crippen molar-refractivity contribution in [3.05, 3.63) is 28.0 Å². The molecule has 6 nitrogen and oxygen atoms in total. The topological polar surface area (TPSA) is 54.3 Å². The summed E-state index contributed by atoms with van der Waals surface area (Å²) in [5.41, 5.74) is 2.78. The van der Waals surface area contributed by atoms with Crippen LogP contribution in [0.5, 0.6) is 0 Å². The van der Waals surface area contributed by atoms with E-state index in [4.69, 9.17) is 0 Å². The van der Waals surface area contributed by atoms with Crippen molar-refractivity contribution in [2.45, 2.75) is 27.7 Å². The van der Waals surface area contributed by atoms with E-state index in [2.05, 4.69) is 21.9 Å². The van der Waals surface area contributed by atoms with E-state index in [1.807, 2.05) is 36.4 Å². The summed E-state index contributed by atoms with van der Waals surface area (Å²) >= 11 is 1.43. The zero-order valence-electron chi connectivity index (χ0n) is 14.6. The van der Waals surface area contributed by atoms with Crippen LogP contribution in [-0.2, 0) is 0 Å². The van der Waals surface area contributed by atoms with Crippen LogP contribution in [0.3, 0.4) is 0 Å². The molecule has 0 N–H and O–H groups in total. The first-order chi connectivity index (χ1) is 11.0. The van der Waals surface area contributed by atoms with E-state index < -0.39 is 0 Å². The average molecular weight is 370 g/mol. The van der Waals surface area contributed by atoms with Crippen molar-refractivity contribution in [1.29, 1.82) is 0 Å². The number of piperazine rings is 1. The van der Waals surface area contributed by atoms with Crippen LogP contribution in [0.2, 0.25) is 0 Å². The van der Waals surface area contributed by atoms with Gasteiger partial charge in [-0.05, 0) is 33.4 Å². The van der Waals surface area contributed by atoms with E-state index >= 15 is 0 Å². The van der Waals surface area contributed by atoms with Gasteiger partial charge in [-0.1, -0.05) is 18.3 Å². The first kappa shape index (κ1) is 18.9. The Morgan fingerprint density at radius 3 is 2.42 bits per heavy atom. The molecule has 1 fully saturated rings. The Hall–Kier alpha value is -1.44. The molecule has 2 aromatic heterocycles. The summed E-state index contributed by atoms with van der Waals surface area (Å²) in [5.74, 6) is 0.100. The van der Waals surface area contributed by atoms with E-state index in [9.17, 15) is 4.79 Å². The maximum Gasteiger partial charge on any atom is 0.266 e. The summed E-state index contributed by atoms with van der Waals surface area (Å²) in [5, 5.41) is 5.23. The largest absolute Gasteiger partial charge is 0.335 e. The number of aryl methyl sites for hydroxylation is 3. The van der Waals surface area contributed by atoms with Gasteiger partial charge >= 0.3 is 0 Å². The van der Waals surface area contributed by atoms with Crippen molar-refractivity contribution in [2.24, 2.45) is 0 Å². The molecule has 1 saturated heterocycles. The quantitative estimate of drug-likeness (QED) is 0.833. The predicted molar refractivity (Wildman–Crippen MR) is 98.7 cm³/mol. The van der Waals surface area contributed by atoms with E-state index in [-0.39, 0.29) is 18.3 Å². The van der Waals surface area contributed by atoms with E-state index in [1.165, 1.54) is 11.3 Å². The minimum absolute atomic E-state index is 0. The number of rotatable bonds is 3. The number of likely N-dealkylation sites (N-methyl/N-ethyl adjacent to an activating group) is 1. The van der Waals surface area contributed by atoms with Gasteiger partial charge in [-0.25, -0.2) is 9.67 Å². The van der Waals surface area contributed by atoms with E-state index in [0.717, 1.165) is 59.8 Å². The van der Waals surface area contributed by atoms with E-state index in [0.29, 0.717) is 0 Å². The van der Waals surface area contributed by atoms with Gasteiger partial charge in [0.2, 0.25) is 5.13 Å². The molecule has 1 aliphatic heterocycles. The molecule has 0 unspecified atom stereocenters. The zero-order chi connectivity index (χ0) is 16.6. The molecule has 0 saturated carbocycles. The smallest absolute Gasteiger partial charge is 0.266 e. The molecule has 8 heteroatoms. The predicted octanol–water partition coefficient (Wildman–Crippen LogP) is 2.45. The minimum Gasteiger partial charge on any atom is -0.335 e. The van der Waals surface area contributed by atoms with Gasteiger partial charge in [-0.2, -0.15) is 5.10 Å². The Labute approximate surface area is 152 Å². The fourth-order valence-electron chi connectivity index (χ4n) is 2.90. The molecule has 0 aliphatic carbocycles. The zero-order valence-corrected chi connectivity index (χ0v) is 16.2. The van der Waals surface area contributed by atoms with Crippen molar-refractivity contribution in [2.75, 3.05) is 32.7 Å². The highest BCUT2D eigenvalue weighted by atomic mass is 35.5. The number of amides is 1. The number of aromatic nitrogens is 3. The van der Waals surface area contributed by atoms with Gasteiger partial charge in [-0.15, -0.1) is 12.4 Å². The number of hydrogen-bond donors (Lipinski definition) is 0. The first-order valence-electron chi connectivity index (χ1n) is 8.02. The molecular weight excluding hydrogens is 346 g/mol. The van der Waals surface area contributed by atoms with Crippen molar-refractivity contribution in [3.8, 4) is 5.13 Å². The van der Waals surface area contributed by atoms with Crippen LogP contribution in [-0.4, -0.2) is 63.2 Å². The van der Waals surface area contributed by atoms with Gasteiger partial charge < -0.3 is 9.80 Å². The SMILES string of the molecule is CCN1CCN(C(=O)c2sc(-n3nc(C)cc3C)nc2C)CC1.Cl. The molecule has 1 aliphatic rings. The number of hydrogen-bond acceptors (Lipinski definition) is 5. The van der Waals surface area contributed by atoms with Crippen molar-refractivity contribution in [1.82, 2.24) is 24.6 Å². The molecule has 0 atom stereocenters. The van der Waals surface area contributed by atoms with Crippen LogP contribution >= 0.6 is 23.7 Å². The summed E-state index contributed by atoms with van der Waals surface area (Å²) in [6.07, 6.45) is 0. The summed E-state index contributed by atoms with van der Waals surface area (Å²) in [4.78, 5) is 22.4. The van der Waals surface area contributed by atoms with Crippen LogP contribution in [0.1, 0.15) is 33.7 Å². The van der Waals surface area contributed by atoms with Crippen molar-refractivity contribution >= 4 is 29.7 Å². The van der Waals surface area contributed by atoms with Crippen molar-refractivity contribution in [3.63, 3.8) is 0 Å². The number of halogens is 1. The maximum absolute atomic E-state index is 12.8. The highest BCUT2D eigenvalue weighted by Crippen LogP contribution is 2.24. The van der Waals surface area contributed by atoms with Crippen LogP contribution in [0.15, 0.2) is 6.07 Å². The van der Waals surface area contributed by atoms with Crippen LogP contribution in [0.25, 0.3) is 5.13 Å². The lowest BCUT2D eigenvalue weighted by Crippen LogP contribution is -2.48. The van der Waals surface area contributed by atoms with Gasteiger partial charge in [0.1, 0.15) is 4.88 Å². The maximum atomic E-state index is 12.8. The molecule has 3 rings (SSSR count). The second-order valence-corrected chi connectivity index (χ2v) is 6.95. The van der Waals surface area contributed by atoms with Gasteiger partial charge in [0.25, 0.3) is 5.91 Å². The molecule has 3 heterocycles. The third-order valence-electron chi connectivity index (χ3n) is 4.28. The molecule has 0 aromatic carbocycles. The molecule has 1 amide bonds. The summed E-state index contributed by atoms with van der Waals surface area (Å²) in [6, 6.07) is 2.02. The third kappa shape index (κ3) is 3.63. The average Bonchev–Trinajstić information content (AvgIpc) is 3.08. The lowest BCUT2D eigenvalue weighted by molar-refractivity contribution is 0.0647. The van der Waals surface area contributed by atoms with Crippen LogP contribution < -0.4 is 0 Å². The molecular formula is C16H24ClN5OS. The Morgan fingerprint density at radius 2 is 1.88 bits per heavy atom. The van der Waals surface area contributed by atoms with Gasteiger partial charge in [-0.3, -0.25) is 4.79 Å². The highest BCUT2D eigenvalue weighted by molar-refractivity contribution is 7.16. The monoisotopic (exact) mass is 369 g/mol. The minimum atomic E-state index is 0. The lowest BCUT2D eigenvalue weighted by Gasteiger charge is -2.33. The van der Waals surface area contributed by atoms with Crippen LogP contribution in [0.4, 0.5) is 0 Å². The summed E-state index contributed by atoms with van der Waals surface area (Å²) < 4.78 is 1.82. The van der Waals surface area contributed by atoms with Gasteiger partial charge in [0.05, 0.1) is 11.4 Å². The molecule has 0 spiro atoms. The fraction of sp³-hybridized carbons (Fsp3) is 0.562. The first-order valence-corrected chi connectivity index (χ1v) is 8.84. The van der Waals surface area contributed by atoms with E-state index in [1.54, 1.807) is 0 Å². The fourth-order valence-corrected chi connectivity index (χ4v) is 3.95. The molecule has 24 heavy (non-hydrogen) atoms. The van der Waals surface area contributed by atoms with Crippen LogP contribution in [0, 0.1) is 20.8 Å². The lowest BCUT2D eigenvalue weighted by atomic mass is 10.3. The Kier molecular flexibility index (Phi) is 6.01. The highest BCUT2D eigenvalue weighted by Gasteiger charge is 2.25. The third-order valence-corrected chi connectivity index (χ3v) is 5.40. The molecule has 0 radical (unpaired) electrons. The van der Waals surface area contributed by atoms with Gasteiger partial charge in [0.15, 0.2) is 0 Å². The van der Waals surface area contributed by atoms with Crippen molar-refractivity contribution < 1.29 is 4.79 Å². The second-order valence-electron chi connectivity index (χ2n) is 5.98. The summed E-state index contributed by atoms with van der Waals surface area (Å²) in [6.45, 7) is 12.6. The number of carbonyl (C=O) groups is 1. The standard InChI is InChI=1S/C16H23N5OS.ClH/c1-5-19-6-8-20(9-7-19)15(22)14-13(4)17-16(23-14)21-12(3)10-11(2)18-21;/h10H,5-9H2,1-4H3;1H. The van der Waals surface area contributed by atoms with Gasteiger partial charge in [0, 0.05) is 31.9 Å². The molecule has 2 aromatic rings.